The van der Waals surface area contributed by atoms with E-state index in [-0.39, 0.29) is 34.9 Å². The maximum atomic E-state index is 12.2. The van der Waals surface area contributed by atoms with Crippen molar-refractivity contribution in [3.63, 3.8) is 0 Å². The molecule has 0 radical (unpaired) electrons. The molecule has 1 aliphatic rings. The van der Waals surface area contributed by atoms with E-state index >= 15 is 0 Å². The number of urea groups is 1. The maximum Gasteiger partial charge on any atom is 0.315 e. The average Bonchev–Trinajstić information content (AvgIpc) is 3.04. The Labute approximate surface area is 137 Å². The first-order chi connectivity index (χ1) is 10.7. The van der Waals surface area contributed by atoms with Crippen LogP contribution in [0.4, 0.5) is 4.79 Å². The normalized spacial score (nSPS) is 21.8. The van der Waals surface area contributed by atoms with Crippen LogP contribution in [0, 0.1) is 11.3 Å². The molecule has 1 fully saturated rings. The molecule has 2 amide bonds. The summed E-state index contributed by atoms with van der Waals surface area (Å²) in [6.07, 6.45) is 5.92. The molecule has 23 heavy (non-hydrogen) atoms. The van der Waals surface area contributed by atoms with Gasteiger partial charge in [0.1, 0.15) is 0 Å². The Morgan fingerprint density at radius 2 is 2.17 bits per heavy atom. The standard InChI is InChI=1S/C15H26N4O3S/c1-15(2,3)13(9-19-6-5-16-11-19)18-14(20)17-8-12-4-7-23(21,22)10-12/h5-6,11-13H,4,7-10H2,1-3H3,(H2,17,18,20). The number of sulfone groups is 1. The number of carbonyl (C=O) groups excluding carboxylic acids is 1. The van der Waals surface area contributed by atoms with Crippen LogP contribution in [0.5, 0.6) is 0 Å². The van der Waals surface area contributed by atoms with Gasteiger partial charge in [0.05, 0.1) is 23.9 Å². The van der Waals surface area contributed by atoms with Crippen LogP contribution in [-0.2, 0) is 16.4 Å². The van der Waals surface area contributed by atoms with Gasteiger partial charge in [0.2, 0.25) is 0 Å². The lowest BCUT2D eigenvalue weighted by molar-refractivity contribution is 0.208. The number of hydrogen-bond donors (Lipinski definition) is 2. The molecule has 0 bridgehead atoms. The Balaban J connectivity index is 1.85. The van der Waals surface area contributed by atoms with Crippen LogP contribution in [0.15, 0.2) is 18.7 Å². The van der Waals surface area contributed by atoms with E-state index in [4.69, 9.17) is 0 Å². The van der Waals surface area contributed by atoms with E-state index in [1.165, 1.54) is 0 Å². The minimum absolute atomic E-state index is 0.0208. The Morgan fingerprint density at radius 1 is 1.43 bits per heavy atom. The first kappa shape index (κ1) is 17.8. The third kappa shape index (κ3) is 5.53. The smallest absolute Gasteiger partial charge is 0.315 e. The molecule has 2 atom stereocenters. The summed E-state index contributed by atoms with van der Waals surface area (Å²) in [6.45, 7) is 7.23. The lowest BCUT2D eigenvalue weighted by Gasteiger charge is -2.32. The number of hydrogen-bond acceptors (Lipinski definition) is 4. The highest BCUT2D eigenvalue weighted by molar-refractivity contribution is 7.91. The van der Waals surface area contributed by atoms with Crippen molar-refractivity contribution in [1.82, 2.24) is 20.2 Å². The number of imidazole rings is 1. The van der Waals surface area contributed by atoms with Gasteiger partial charge in [0.25, 0.3) is 0 Å². The molecular weight excluding hydrogens is 316 g/mol. The van der Waals surface area contributed by atoms with Crippen molar-refractivity contribution in [2.24, 2.45) is 11.3 Å². The molecule has 2 unspecified atom stereocenters. The first-order valence-electron chi connectivity index (χ1n) is 7.86. The van der Waals surface area contributed by atoms with Crippen molar-refractivity contribution in [3.8, 4) is 0 Å². The fourth-order valence-corrected chi connectivity index (χ4v) is 4.48. The van der Waals surface area contributed by atoms with Crippen molar-refractivity contribution in [2.75, 3.05) is 18.1 Å². The van der Waals surface area contributed by atoms with Crippen molar-refractivity contribution < 1.29 is 13.2 Å². The second kappa shape index (κ2) is 6.90. The van der Waals surface area contributed by atoms with E-state index in [0.29, 0.717) is 19.5 Å². The molecule has 0 saturated carbocycles. The molecule has 1 aromatic rings. The lowest BCUT2D eigenvalue weighted by atomic mass is 9.86. The van der Waals surface area contributed by atoms with E-state index in [1.54, 1.807) is 12.5 Å². The van der Waals surface area contributed by atoms with Gasteiger partial charge in [0, 0.05) is 25.5 Å². The summed E-state index contributed by atoms with van der Waals surface area (Å²) in [5.74, 6) is 0.421. The largest absolute Gasteiger partial charge is 0.338 e. The molecule has 2 heterocycles. The summed E-state index contributed by atoms with van der Waals surface area (Å²) in [5.41, 5.74) is -0.113. The monoisotopic (exact) mass is 342 g/mol. The Morgan fingerprint density at radius 3 is 2.70 bits per heavy atom. The molecule has 0 aromatic carbocycles. The molecule has 0 spiro atoms. The molecule has 2 rings (SSSR count). The van der Waals surface area contributed by atoms with Gasteiger partial charge in [-0.3, -0.25) is 0 Å². The first-order valence-corrected chi connectivity index (χ1v) is 9.68. The second-order valence-electron chi connectivity index (χ2n) is 7.30. The van der Waals surface area contributed by atoms with Crippen molar-refractivity contribution >= 4 is 15.9 Å². The highest BCUT2D eigenvalue weighted by Crippen LogP contribution is 2.21. The molecule has 1 aliphatic heterocycles. The zero-order valence-electron chi connectivity index (χ0n) is 13.9. The molecule has 7 nitrogen and oxygen atoms in total. The Hall–Kier alpha value is -1.57. The molecule has 1 saturated heterocycles. The summed E-state index contributed by atoms with van der Waals surface area (Å²) < 4.78 is 24.8. The van der Waals surface area contributed by atoms with Gasteiger partial charge in [-0.1, -0.05) is 20.8 Å². The number of nitrogens with one attached hydrogen (secondary N) is 2. The zero-order valence-corrected chi connectivity index (χ0v) is 14.8. The maximum absolute atomic E-state index is 12.2. The summed E-state index contributed by atoms with van der Waals surface area (Å²) in [4.78, 5) is 16.2. The second-order valence-corrected chi connectivity index (χ2v) is 9.53. The predicted octanol–water partition coefficient (Wildman–Crippen LogP) is 1.03. The van der Waals surface area contributed by atoms with Crippen molar-refractivity contribution in [3.05, 3.63) is 18.7 Å². The number of nitrogens with zero attached hydrogens (tertiary/aromatic N) is 2. The van der Waals surface area contributed by atoms with Crippen molar-refractivity contribution in [1.29, 1.82) is 0 Å². The molecule has 130 valence electrons. The van der Waals surface area contributed by atoms with Crippen LogP contribution < -0.4 is 10.6 Å². The molecule has 0 aliphatic carbocycles. The van der Waals surface area contributed by atoms with Gasteiger partial charge in [-0.2, -0.15) is 0 Å². The minimum atomic E-state index is -2.91. The summed E-state index contributed by atoms with van der Waals surface area (Å²) in [7, 11) is -2.91. The van der Waals surface area contributed by atoms with E-state index in [0.717, 1.165) is 0 Å². The quantitative estimate of drug-likeness (QED) is 0.836. The number of rotatable bonds is 5. The van der Waals surface area contributed by atoms with Crippen LogP contribution in [-0.4, -0.2) is 48.1 Å². The summed E-state index contributed by atoms with van der Waals surface area (Å²) >= 11 is 0. The number of carbonyl (C=O) groups is 1. The van der Waals surface area contributed by atoms with Gasteiger partial charge in [0.15, 0.2) is 9.84 Å². The summed E-state index contributed by atoms with van der Waals surface area (Å²) in [6, 6.07) is -0.321. The SMILES string of the molecule is CC(C)(C)C(Cn1ccnc1)NC(=O)NCC1CCS(=O)(=O)C1. The van der Waals surface area contributed by atoms with Crippen LogP contribution in [0.1, 0.15) is 27.2 Å². The average molecular weight is 342 g/mol. The Kier molecular flexibility index (Phi) is 5.33. The lowest BCUT2D eigenvalue weighted by Crippen LogP contribution is -2.50. The Bertz CT molecular complexity index is 620. The van der Waals surface area contributed by atoms with Gasteiger partial charge in [-0.25, -0.2) is 18.2 Å². The van der Waals surface area contributed by atoms with Gasteiger partial charge < -0.3 is 15.2 Å². The number of aromatic nitrogens is 2. The van der Waals surface area contributed by atoms with Gasteiger partial charge in [-0.15, -0.1) is 0 Å². The topological polar surface area (TPSA) is 93.1 Å². The summed E-state index contributed by atoms with van der Waals surface area (Å²) in [5, 5.41) is 5.80. The van der Waals surface area contributed by atoms with Crippen LogP contribution in [0.2, 0.25) is 0 Å². The highest BCUT2D eigenvalue weighted by Gasteiger charge is 2.29. The van der Waals surface area contributed by atoms with Crippen LogP contribution >= 0.6 is 0 Å². The van der Waals surface area contributed by atoms with Crippen LogP contribution in [0.3, 0.4) is 0 Å². The predicted molar refractivity (Wildman–Crippen MR) is 88.8 cm³/mol. The zero-order chi connectivity index (χ0) is 17.1. The molecule has 8 heteroatoms. The molecular formula is C15H26N4O3S. The van der Waals surface area contributed by atoms with E-state index < -0.39 is 9.84 Å². The molecule has 2 N–H and O–H groups in total. The van der Waals surface area contributed by atoms with Crippen molar-refractivity contribution in [2.45, 2.75) is 39.8 Å². The third-order valence-corrected chi connectivity index (χ3v) is 6.02. The van der Waals surface area contributed by atoms with E-state index in [9.17, 15) is 13.2 Å². The highest BCUT2D eigenvalue weighted by atomic mass is 32.2. The van der Waals surface area contributed by atoms with Crippen LogP contribution in [0.25, 0.3) is 0 Å². The number of amides is 2. The third-order valence-electron chi connectivity index (χ3n) is 4.18. The minimum Gasteiger partial charge on any atom is -0.338 e. The van der Waals surface area contributed by atoms with Gasteiger partial charge >= 0.3 is 6.03 Å². The fraction of sp³-hybridized carbons (Fsp3) is 0.733. The molecule has 1 aromatic heterocycles. The van der Waals surface area contributed by atoms with Gasteiger partial charge in [-0.05, 0) is 17.8 Å². The van der Waals surface area contributed by atoms with E-state index in [1.807, 2.05) is 10.8 Å². The van der Waals surface area contributed by atoms with E-state index in [2.05, 4.69) is 36.4 Å². The fourth-order valence-electron chi connectivity index (χ4n) is 2.62.